The Balaban J connectivity index is 2.49. The number of hydrogen-bond acceptors (Lipinski definition) is 3. The van der Waals surface area contributed by atoms with Crippen molar-refractivity contribution in [2.24, 2.45) is 0 Å². The van der Waals surface area contributed by atoms with E-state index in [1.54, 1.807) is 30.5 Å². The summed E-state index contributed by atoms with van der Waals surface area (Å²) in [7, 11) is 0. The lowest BCUT2D eigenvalue weighted by molar-refractivity contribution is 0.101. The van der Waals surface area contributed by atoms with Crippen molar-refractivity contribution in [1.29, 1.82) is 5.26 Å². The summed E-state index contributed by atoms with van der Waals surface area (Å²) in [6, 6.07) is 8.94. The van der Waals surface area contributed by atoms with E-state index in [1.807, 2.05) is 6.07 Å². The molecule has 2 rings (SSSR count). The van der Waals surface area contributed by atoms with Gasteiger partial charge in [0.05, 0.1) is 10.6 Å². The largest absolute Gasteiger partial charge is 0.294 e. The van der Waals surface area contributed by atoms with Crippen molar-refractivity contribution in [3.63, 3.8) is 0 Å². The van der Waals surface area contributed by atoms with Gasteiger partial charge in [-0.25, -0.2) is 0 Å². The predicted octanol–water partition coefficient (Wildman–Crippen LogP) is 3.48. The highest BCUT2D eigenvalue weighted by molar-refractivity contribution is 6.34. The SMILES string of the molecule is CC(=O)c1ccc(-c2cncc(C#N)c2)cc1Cl. The van der Waals surface area contributed by atoms with Crippen LogP contribution in [0, 0.1) is 11.3 Å². The Labute approximate surface area is 110 Å². The van der Waals surface area contributed by atoms with Gasteiger partial charge in [-0.1, -0.05) is 17.7 Å². The molecule has 2 aromatic rings. The molecule has 0 aliphatic heterocycles. The maximum atomic E-state index is 11.3. The van der Waals surface area contributed by atoms with Crippen molar-refractivity contribution < 1.29 is 4.79 Å². The summed E-state index contributed by atoms with van der Waals surface area (Å²) in [6.07, 6.45) is 3.15. The number of aromatic nitrogens is 1. The molecule has 0 saturated heterocycles. The highest BCUT2D eigenvalue weighted by atomic mass is 35.5. The lowest BCUT2D eigenvalue weighted by atomic mass is 10.0. The van der Waals surface area contributed by atoms with Gasteiger partial charge in [0.2, 0.25) is 0 Å². The molecule has 0 bridgehead atoms. The van der Waals surface area contributed by atoms with E-state index in [0.717, 1.165) is 11.1 Å². The molecule has 88 valence electrons. The Morgan fingerprint density at radius 3 is 2.67 bits per heavy atom. The molecule has 18 heavy (non-hydrogen) atoms. The van der Waals surface area contributed by atoms with E-state index in [-0.39, 0.29) is 5.78 Å². The number of Topliss-reactive ketones (excluding diaryl/α,β-unsaturated/α-hetero) is 1. The number of carbonyl (C=O) groups excluding carboxylic acids is 1. The van der Waals surface area contributed by atoms with Crippen LogP contribution in [0.25, 0.3) is 11.1 Å². The number of halogens is 1. The van der Waals surface area contributed by atoms with Crippen molar-refractivity contribution in [2.75, 3.05) is 0 Å². The molecule has 0 saturated carbocycles. The number of nitriles is 1. The van der Waals surface area contributed by atoms with Crippen molar-refractivity contribution in [1.82, 2.24) is 4.98 Å². The minimum Gasteiger partial charge on any atom is -0.294 e. The average molecular weight is 257 g/mol. The van der Waals surface area contributed by atoms with Crippen LogP contribution in [-0.4, -0.2) is 10.8 Å². The first-order valence-corrected chi connectivity index (χ1v) is 5.65. The number of benzene rings is 1. The summed E-state index contributed by atoms with van der Waals surface area (Å²) in [5.74, 6) is -0.0737. The van der Waals surface area contributed by atoms with Crippen molar-refractivity contribution in [3.8, 4) is 17.2 Å². The Kier molecular flexibility index (Phi) is 3.40. The molecular formula is C14H9ClN2O. The van der Waals surface area contributed by atoms with Crippen LogP contribution < -0.4 is 0 Å². The molecule has 3 nitrogen and oxygen atoms in total. The molecule has 0 aliphatic carbocycles. The van der Waals surface area contributed by atoms with Gasteiger partial charge in [-0.2, -0.15) is 5.26 Å². The fraction of sp³-hybridized carbons (Fsp3) is 0.0714. The van der Waals surface area contributed by atoms with Crippen molar-refractivity contribution in [2.45, 2.75) is 6.92 Å². The third-order valence-corrected chi connectivity index (χ3v) is 2.86. The molecule has 0 unspecified atom stereocenters. The van der Waals surface area contributed by atoms with Crippen LogP contribution in [0.3, 0.4) is 0 Å². The fourth-order valence-corrected chi connectivity index (χ4v) is 1.95. The normalized spacial score (nSPS) is 9.83. The third-order valence-electron chi connectivity index (χ3n) is 2.55. The second-order valence-corrected chi connectivity index (χ2v) is 4.23. The van der Waals surface area contributed by atoms with Crippen LogP contribution in [0.4, 0.5) is 0 Å². The van der Waals surface area contributed by atoms with Crippen LogP contribution in [0.2, 0.25) is 5.02 Å². The van der Waals surface area contributed by atoms with Crippen molar-refractivity contribution >= 4 is 17.4 Å². The van der Waals surface area contributed by atoms with E-state index < -0.39 is 0 Å². The molecule has 4 heteroatoms. The maximum absolute atomic E-state index is 11.3. The summed E-state index contributed by atoms with van der Waals surface area (Å²) < 4.78 is 0. The van der Waals surface area contributed by atoms with Gasteiger partial charge < -0.3 is 0 Å². The Morgan fingerprint density at radius 2 is 2.06 bits per heavy atom. The Bertz CT molecular complexity index is 659. The van der Waals surface area contributed by atoms with Crippen LogP contribution in [0.1, 0.15) is 22.8 Å². The van der Waals surface area contributed by atoms with Crippen LogP contribution >= 0.6 is 11.6 Å². The third kappa shape index (κ3) is 2.39. The summed E-state index contributed by atoms with van der Waals surface area (Å²) >= 11 is 6.04. The highest BCUT2D eigenvalue weighted by Gasteiger charge is 2.07. The summed E-state index contributed by atoms with van der Waals surface area (Å²) in [5.41, 5.74) is 2.60. The number of ketones is 1. The first-order valence-electron chi connectivity index (χ1n) is 5.28. The minimum absolute atomic E-state index is 0.0737. The quantitative estimate of drug-likeness (QED) is 0.773. The molecular weight excluding hydrogens is 248 g/mol. The minimum atomic E-state index is -0.0737. The second-order valence-electron chi connectivity index (χ2n) is 3.82. The molecule has 1 aromatic carbocycles. The maximum Gasteiger partial charge on any atom is 0.161 e. The van der Waals surface area contributed by atoms with E-state index in [0.29, 0.717) is 16.1 Å². The average Bonchev–Trinajstić information content (AvgIpc) is 2.38. The number of rotatable bonds is 2. The monoisotopic (exact) mass is 256 g/mol. The second kappa shape index (κ2) is 4.99. The number of nitrogens with zero attached hydrogens (tertiary/aromatic N) is 2. The van der Waals surface area contributed by atoms with Crippen LogP contribution in [0.15, 0.2) is 36.7 Å². The molecule has 0 N–H and O–H groups in total. The van der Waals surface area contributed by atoms with E-state index in [2.05, 4.69) is 4.98 Å². The zero-order chi connectivity index (χ0) is 13.1. The summed E-state index contributed by atoms with van der Waals surface area (Å²) in [4.78, 5) is 15.3. The van der Waals surface area contributed by atoms with E-state index in [4.69, 9.17) is 16.9 Å². The molecule has 1 aromatic heterocycles. The lowest BCUT2D eigenvalue weighted by Gasteiger charge is -2.05. The first kappa shape index (κ1) is 12.3. The van der Waals surface area contributed by atoms with Crippen LogP contribution in [0.5, 0.6) is 0 Å². The zero-order valence-electron chi connectivity index (χ0n) is 9.64. The van der Waals surface area contributed by atoms with Crippen molar-refractivity contribution in [3.05, 3.63) is 52.8 Å². The number of carbonyl (C=O) groups is 1. The molecule has 0 aliphatic rings. The van der Waals surface area contributed by atoms with Crippen LogP contribution in [-0.2, 0) is 0 Å². The highest BCUT2D eigenvalue weighted by Crippen LogP contribution is 2.25. The van der Waals surface area contributed by atoms with Gasteiger partial charge in [-0.15, -0.1) is 0 Å². The van der Waals surface area contributed by atoms with Gasteiger partial charge in [-0.05, 0) is 30.7 Å². The Morgan fingerprint density at radius 1 is 1.28 bits per heavy atom. The van der Waals surface area contributed by atoms with E-state index >= 15 is 0 Å². The van der Waals surface area contributed by atoms with Gasteiger partial charge in [0, 0.05) is 23.5 Å². The van der Waals surface area contributed by atoms with Gasteiger partial charge in [0.1, 0.15) is 6.07 Å². The molecule has 0 atom stereocenters. The smallest absolute Gasteiger partial charge is 0.161 e. The first-order chi connectivity index (χ1) is 8.61. The predicted molar refractivity (Wildman–Crippen MR) is 69.4 cm³/mol. The standard InChI is InChI=1S/C14H9ClN2O/c1-9(18)13-3-2-11(5-14(13)15)12-4-10(6-16)7-17-8-12/h2-5,7-8H,1H3. The van der Waals surface area contributed by atoms with E-state index in [9.17, 15) is 4.79 Å². The van der Waals surface area contributed by atoms with Gasteiger partial charge >= 0.3 is 0 Å². The number of hydrogen-bond donors (Lipinski definition) is 0. The fourth-order valence-electron chi connectivity index (χ4n) is 1.64. The molecule has 1 heterocycles. The van der Waals surface area contributed by atoms with Gasteiger partial charge in [0.15, 0.2) is 5.78 Å². The lowest BCUT2D eigenvalue weighted by Crippen LogP contribution is -1.93. The molecule has 0 spiro atoms. The topological polar surface area (TPSA) is 53.8 Å². The van der Waals surface area contributed by atoms with Gasteiger partial charge in [0.25, 0.3) is 0 Å². The molecule has 0 fully saturated rings. The summed E-state index contributed by atoms with van der Waals surface area (Å²) in [6.45, 7) is 1.47. The molecule has 0 amide bonds. The Hall–Kier alpha value is -2.18. The molecule has 0 radical (unpaired) electrons. The zero-order valence-corrected chi connectivity index (χ0v) is 10.4. The van der Waals surface area contributed by atoms with Gasteiger partial charge in [-0.3, -0.25) is 9.78 Å². The van der Waals surface area contributed by atoms with E-state index in [1.165, 1.54) is 13.1 Å². The summed E-state index contributed by atoms with van der Waals surface area (Å²) in [5, 5.41) is 9.22. The number of pyridine rings is 1.